The van der Waals surface area contributed by atoms with Crippen molar-refractivity contribution in [1.82, 2.24) is 4.90 Å². The van der Waals surface area contributed by atoms with Crippen LogP contribution in [0.4, 0.5) is 0 Å². The molecule has 0 saturated carbocycles. The number of hydrogen-bond donors (Lipinski definition) is 1. The summed E-state index contributed by atoms with van der Waals surface area (Å²) < 4.78 is 0. The van der Waals surface area contributed by atoms with Crippen LogP contribution >= 0.6 is 0 Å². The van der Waals surface area contributed by atoms with Crippen molar-refractivity contribution < 1.29 is 14.7 Å². The third kappa shape index (κ3) is 2.46. The van der Waals surface area contributed by atoms with E-state index in [1.165, 1.54) is 4.90 Å². The molecule has 1 fully saturated rings. The Morgan fingerprint density at radius 1 is 1.67 bits per heavy atom. The Balaban J connectivity index is 2.73. The number of hydrogen-bond acceptors (Lipinski definition) is 2. The Hall–Kier alpha value is -1.13. The van der Waals surface area contributed by atoms with E-state index in [2.05, 4.69) is 6.47 Å². The third-order valence-electron chi connectivity index (χ3n) is 2.86. The number of carboxylic acid groups (broad SMARTS) is 1. The van der Waals surface area contributed by atoms with E-state index in [1.54, 1.807) is 6.92 Å². The van der Waals surface area contributed by atoms with E-state index in [4.69, 9.17) is 5.11 Å². The van der Waals surface area contributed by atoms with Crippen LogP contribution in [-0.4, -0.2) is 47.9 Å². The minimum absolute atomic E-state index is 0.0996. The number of amides is 1. The molecule has 1 aliphatic heterocycles. The maximum absolute atomic E-state index is 11.9. The predicted octanol–water partition coefficient (Wildman–Crippen LogP) is 0.397. The summed E-state index contributed by atoms with van der Waals surface area (Å²) in [5.41, 5.74) is 0. The maximum atomic E-state index is 11.9. The summed E-state index contributed by atoms with van der Waals surface area (Å²) in [5, 5.41) is 8.94. The Morgan fingerprint density at radius 3 is 2.80 bits per heavy atom. The Morgan fingerprint density at radius 2 is 2.33 bits per heavy atom. The molecule has 1 N–H and O–H groups in total. The van der Waals surface area contributed by atoms with Crippen molar-refractivity contribution in [3.8, 4) is 0 Å². The minimum atomic E-state index is -0.903. The van der Waals surface area contributed by atoms with Crippen LogP contribution in [0.3, 0.4) is 0 Å². The van der Waals surface area contributed by atoms with E-state index in [0.29, 0.717) is 19.4 Å². The molecule has 0 bridgehead atoms. The van der Waals surface area contributed by atoms with Crippen LogP contribution in [-0.2, 0) is 9.59 Å². The van der Waals surface area contributed by atoms with E-state index in [9.17, 15) is 9.59 Å². The van der Waals surface area contributed by atoms with Gasteiger partial charge in [0, 0.05) is 0 Å². The molecule has 4 nitrogen and oxygen atoms in total. The van der Waals surface area contributed by atoms with Crippen molar-refractivity contribution in [1.29, 1.82) is 0 Å². The first-order chi connectivity index (χ1) is 7.11. The summed E-state index contributed by atoms with van der Waals surface area (Å²) in [6.07, 6.45) is 2.01. The van der Waals surface area contributed by atoms with Crippen LogP contribution in [0, 0.1) is 0 Å². The fraction of sp³-hybridized carbons (Fsp3) is 0.700. The average molecular weight is 209 g/mol. The molecule has 1 amide bonds. The molecule has 0 aromatic carbocycles. The van der Waals surface area contributed by atoms with Crippen LogP contribution in [0.25, 0.3) is 0 Å². The second-order valence-corrected chi connectivity index (χ2v) is 3.78. The van der Waals surface area contributed by atoms with E-state index < -0.39 is 12.0 Å². The van der Waals surface area contributed by atoms with Gasteiger partial charge in [-0.2, -0.15) is 0 Å². The van der Waals surface area contributed by atoms with Crippen LogP contribution in [0.1, 0.15) is 26.2 Å². The van der Waals surface area contributed by atoms with Gasteiger partial charge in [-0.3, -0.25) is 0 Å². The fourth-order valence-corrected chi connectivity index (χ4v) is 1.94. The second-order valence-electron chi connectivity index (χ2n) is 3.78. The van der Waals surface area contributed by atoms with Gasteiger partial charge in [-0.15, -0.1) is 0 Å². The van der Waals surface area contributed by atoms with E-state index >= 15 is 0 Å². The summed E-state index contributed by atoms with van der Waals surface area (Å²) in [4.78, 5) is 24.3. The molecule has 0 aromatic heterocycles. The normalized spacial score (nSPS) is 22.2. The van der Waals surface area contributed by atoms with Gasteiger partial charge in [0.2, 0.25) is 0 Å². The molecular weight excluding hydrogens is 193 g/mol. The third-order valence-corrected chi connectivity index (χ3v) is 2.86. The van der Waals surface area contributed by atoms with Gasteiger partial charge in [0.05, 0.1) is 0 Å². The van der Waals surface area contributed by atoms with Crippen LogP contribution in [0.5, 0.6) is 0 Å². The molecule has 1 aliphatic rings. The van der Waals surface area contributed by atoms with Crippen LogP contribution < -0.4 is 0 Å². The first kappa shape index (κ1) is 11.9. The van der Waals surface area contributed by atoms with Crippen molar-refractivity contribution in [2.75, 3.05) is 6.54 Å². The molecule has 82 valence electrons. The zero-order chi connectivity index (χ0) is 11.4. The SMILES string of the molecule is C=BC(CC)C(=O)N1CCC[C@@H]1C(=O)O. The van der Waals surface area contributed by atoms with Crippen LogP contribution in [0.15, 0.2) is 0 Å². The molecule has 5 heteroatoms. The molecule has 1 heterocycles. The molecule has 15 heavy (non-hydrogen) atoms. The van der Waals surface area contributed by atoms with Gasteiger partial charge in [0.25, 0.3) is 0 Å². The molecule has 0 radical (unpaired) electrons. The summed E-state index contributed by atoms with van der Waals surface area (Å²) in [6, 6.07) is -0.633. The van der Waals surface area contributed by atoms with Gasteiger partial charge >= 0.3 is 89.5 Å². The Labute approximate surface area is 90.2 Å². The van der Waals surface area contributed by atoms with E-state index in [1.807, 2.05) is 6.92 Å². The van der Waals surface area contributed by atoms with Crippen LogP contribution in [0.2, 0.25) is 5.82 Å². The standard InChI is InChI=1S/C10H16BNO3/c1-3-7(11-2)9(13)12-6-4-5-8(12)10(14)15/h7-8H,2-6H2,1H3,(H,14,15)/t7?,8-/m1/s1. The van der Waals surface area contributed by atoms with Gasteiger partial charge in [0.15, 0.2) is 0 Å². The van der Waals surface area contributed by atoms with Crippen molar-refractivity contribution in [3.63, 3.8) is 0 Å². The topological polar surface area (TPSA) is 57.6 Å². The van der Waals surface area contributed by atoms with Gasteiger partial charge in [0.1, 0.15) is 0 Å². The predicted molar refractivity (Wildman–Crippen MR) is 59.3 cm³/mol. The first-order valence-electron chi connectivity index (χ1n) is 5.27. The number of carbonyl (C=O) groups excluding carboxylic acids is 1. The monoisotopic (exact) mass is 209 g/mol. The number of nitrogens with zero attached hydrogens (tertiary/aromatic N) is 1. The molecule has 0 aliphatic carbocycles. The van der Waals surface area contributed by atoms with Gasteiger partial charge < -0.3 is 0 Å². The van der Waals surface area contributed by atoms with Crippen molar-refractivity contribution >= 4 is 25.3 Å². The molecular formula is C10H16BNO3. The van der Waals surface area contributed by atoms with Crippen molar-refractivity contribution in [3.05, 3.63) is 0 Å². The van der Waals surface area contributed by atoms with Gasteiger partial charge in [-0.05, 0) is 0 Å². The summed E-state index contributed by atoms with van der Waals surface area (Å²) in [6.45, 7) is 7.65. The van der Waals surface area contributed by atoms with Crippen molar-refractivity contribution in [2.24, 2.45) is 0 Å². The Kier molecular flexibility index (Phi) is 4.06. The van der Waals surface area contributed by atoms with E-state index in [0.717, 1.165) is 6.42 Å². The number of rotatable bonds is 4. The van der Waals surface area contributed by atoms with E-state index in [-0.39, 0.29) is 11.7 Å². The van der Waals surface area contributed by atoms with Gasteiger partial charge in [-0.1, -0.05) is 0 Å². The molecule has 0 aromatic rings. The number of carboxylic acids is 1. The average Bonchev–Trinajstić information content (AvgIpc) is 2.67. The summed E-state index contributed by atoms with van der Waals surface area (Å²) in [5.74, 6) is -1.25. The molecule has 2 atom stereocenters. The number of carbonyl (C=O) groups is 2. The quantitative estimate of drug-likeness (QED) is 0.681. The number of likely N-dealkylation sites (tertiary alicyclic amines) is 1. The Bertz CT molecular complexity index is 280. The summed E-state index contributed by atoms with van der Waals surface area (Å²) in [7, 11) is 0. The molecule has 1 saturated heterocycles. The summed E-state index contributed by atoms with van der Waals surface area (Å²) >= 11 is 0. The van der Waals surface area contributed by atoms with Crippen molar-refractivity contribution in [2.45, 2.75) is 38.0 Å². The molecule has 1 unspecified atom stereocenters. The zero-order valence-corrected chi connectivity index (χ0v) is 8.98. The van der Waals surface area contributed by atoms with Gasteiger partial charge in [-0.25, -0.2) is 0 Å². The number of aliphatic carboxylic acids is 1. The fourth-order valence-electron chi connectivity index (χ4n) is 1.94. The molecule has 0 spiro atoms. The zero-order valence-electron chi connectivity index (χ0n) is 8.98. The molecule has 1 rings (SSSR count). The first-order valence-corrected chi connectivity index (χ1v) is 5.27. The second kappa shape index (κ2) is 5.10.